The van der Waals surface area contributed by atoms with E-state index in [1.165, 1.54) is 5.69 Å². The van der Waals surface area contributed by atoms with E-state index in [2.05, 4.69) is 17.9 Å². The van der Waals surface area contributed by atoms with Gasteiger partial charge in [0, 0.05) is 30.9 Å². The maximum absolute atomic E-state index is 8.46. The lowest BCUT2D eigenvalue weighted by molar-refractivity contribution is 0.708. The Balaban J connectivity index is 2.48. The fraction of sp³-hybridized carbons (Fsp3) is 0.462. The molecule has 3 nitrogen and oxygen atoms in total. The first-order chi connectivity index (χ1) is 7.77. The summed E-state index contributed by atoms with van der Waals surface area (Å²) in [6.45, 7) is 4.12. The molecule has 0 saturated carbocycles. The van der Waals surface area contributed by atoms with Gasteiger partial charge in [-0.25, -0.2) is 0 Å². The van der Waals surface area contributed by atoms with Gasteiger partial charge >= 0.3 is 0 Å². The van der Waals surface area contributed by atoms with Crippen LogP contribution < -0.4 is 10.6 Å². The van der Waals surface area contributed by atoms with Crippen molar-refractivity contribution >= 4 is 11.4 Å². The van der Waals surface area contributed by atoms with Crippen molar-refractivity contribution in [2.75, 3.05) is 23.7 Å². The minimum Gasteiger partial charge on any atom is -0.399 e. The van der Waals surface area contributed by atoms with E-state index in [-0.39, 0.29) is 0 Å². The number of benzene rings is 1. The highest BCUT2D eigenvalue weighted by Gasteiger charge is 2.02. The van der Waals surface area contributed by atoms with E-state index in [1.807, 2.05) is 24.3 Å². The average molecular weight is 217 g/mol. The van der Waals surface area contributed by atoms with Gasteiger partial charge in [-0.1, -0.05) is 0 Å². The van der Waals surface area contributed by atoms with Gasteiger partial charge in [0.05, 0.1) is 6.07 Å². The zero-order valence-electron chi connectivity index (χ0n) is 9.82. The Kier molecular flexibility index (Phi) is 5.21. The molecule has 0 bridgehead atoms. The van der Waals surface area contributed by atoms with Crippen LogP contribution in [0.2, 0.25) is 0 Å². The third kappa shape index (κ3) is 3.82. The van der Waals surface area contributed by atoms with Gasteiger partial charge in [0.1, 0.15) is 0 Å². The smallest absolute Gasteiger partial charge is 0.0621 e. The summed E-state index contributed by atoms with van der Waals surface area (Å²) in [4.78, 5) is 2.30. The summed E-state index contributed by atoms with van der Waals surface area (Å²) in [6, 6.07) is 10.1. The molecule has 2 N–H and O–H groups in total. The van der Waals surface area contributed by atoms with Crippen molar-refractivity contribution in [1.82, 2.24) is 0 Å². The lowest BCUT2D eigenvalue weighted by atomic mass is 10.2. The first kappa shape index (κ1) is 12.4. The number of hydrogen-bond donors (Lipinski definition) is 1. The van der Waals surface area contributed by atoms with Crippen molar-refractivity contribution in [2.24, 2.45) is 0 Å². The quantitative estimate of drug-likeness (QED) is 0.589. The third-order valence-electron chi connectivity index (χ3n) is 2.61. The molecule has 0 unspecified atom stereocenters. The standard InChI is InChI=1S/C13H19N3/c1-2-16(11-5-3-4-10-14)13-8-6-12(15)7-9-13/h6-9H,2-5,11,15H2,1H3. The van der Waals surface area contributed by atoms with Gasteiger partial charge in [-0.05, 0) is 44.0 Å². The first-order valence-corrected chi connectivity index (χ1v) is 5.75. The van der Waals surface area contributed by atoms with Crippen molar-refractivity contribution < 1.29 is 0 Å². The summed E-state index contributed by atoms with van der Waals surface area (Å²) in [5.41, 5.74) is 7.65. The van der Waals surface area contributed by atoms with Crippen LogP contribution in [0.4, 0.5) is 11.4 Å². The first-order valence-electron chi connectivity index (χ1n) is 5.75. The summed E-state index contributed by atoms with van der Waals surface area (Å²) >= 11 is 0. The fourth-order valence-electron chi connectivity index (χ4n) is 1.66. The highest BCUT2D eigenvalue weighted by atomic mass is 15.1. The number of nitrogens with two attached hydrogens (primary N) is 1. The van der Waals surface area contributed by atoms with E-state index in [1.54, 1.807) is 0 Å². The zero-order chi connectivity index (χ0) is 11.8. The van der Waals surface area contributed by atoms with Gasteiger partial charge in [0.2, 0.25) is 0 Å². The molecule has 0 fully saturated rings. The molecule has 0 heterocycles. The van der Waals surface area contributed by atoms with E-state index in [0.29, 0.717) is 6.42 Å². The molecule has 86 valence electrons. The van der Waals surface area contributed by atoms with Gasteiger partial charge in [-0.3, -0.25) is 0 Å². The molecule has 0 spiro atoms. The van der Waals surface area contributed by atoms with Crippen molar-refractivity contribution in [1.29, 1.82) is 5.26 Å². The van der Waals surface area contributed by atoms with Crippen molar-refractivity contribution in [3.63, 3.8) is 0 Å². The van der Waals surface area contributed by atoms with Crippen LogP contribution in [0.1, 0.15) is 26.2 Å². The molecule has 0 saturated heterocycles. The Morgan fingerprint density at radius 2 is 1.94 bits per heavy atom. The molecule has 0 amide bonds. The van der Waals surface area contributed by atoms with Crippen LogP contribution in [0.5, 0.6) is 0 Å². The highest BCUT2D eigenvalue weighted by molar-refractivity contribution is 5.52. The predicted octanol–water partition coefficient (Wildman–Crippen LogP) is 2.79. The maximum Gasteiger partial charge on any atom is 0.0621 e. The van der Waals surface area contributed by atoms with Crippen LogP contribution in [0.25, 0.3) is 0 Å². The van der Waals surface area contributed by atoms with E-state index in [9.17, 15) is 0 Å². The number of nitrogen functional groups attached to an aromatic ring is 1. The van der Waals surface area contributed by atoms with Crippen molar-refractivity contribution in [2.45, 2.75) is 26.2 Å². The van der Waals surface area contributed by atoms with E-state index >= 15 is 0 Å². The Bertz CT molecular complexity index is 337. The van der Waals surface area contributed by atoms with Crippen molar-refractivity contribution in [3.8, 4) is 6.07 Å². The number of rotatable bonds is 6. The summed E-state index contributed by atoms with van der Waals surface area (Å²) in [7, 11) is 0. The lowest BCUT2D eigenvalue weighted by Crippen LogP contribution is -2.23. The summed E-state index contributed by atoms with van der Waals surface area (Å²) in [5, 5.41) is 8.46. The van der Waals surface area contributed by atoms with Crippen LogP contribution in [0, 0.1) is 11.3 Å². The summed E-state index contributed by atoms with van der Waals surface area (Å²) < 4.78 is 0. The fourth-order valence-corrected chi connectivity index (χ4v) is 1.66. The predicted molar refractivity (Wildman–Crippen MR) is 68.2 cm³/mol. The molecule has 1 aromatic carbocycles. The molecule has 0 aliphatic heterocycles. The molecule has 0 radical (unpaired) electrons. The average Bonchev–Trinajstić information content (AvgIpc) is 2.31. The molecule has 0 aliphatic rings. The van der Waals surface area contributed by atoms with Crippen molar-refractivity contribution in [3.05, 3.63) is 24.3 Å². The van der Waals surface area contributed by atoms with Crippen LogP contribution in [0.15, 0.2) is 24.3 Å². The normalized spacial score (nSPS) is 9.75. The molecule has 3 heteroatoms. The molecule has 0 aromatic heterocycles. The number of hydrogen-bond acceptors (Lipinski definition) is 3. The van der Waals surface area contributed by atoms with Crippen LogP contribution in [0.3, 0.4) is 0 Å². The highest BCUT2D eigenvalue weighted by Crippen LogP contribution is 2.16. The monoisotopic (exact) mass is 217 g/mol. The maximum atomic E-state index is 8.46. The molecule has 1 rings (SSSR count). The van der Waals surface area contributed by atoms with E-state index < -0.39 is 0 Å². The second kappa shape index (κ2) is 6.73. The summed E-state index contributed by atoms with van der Waals surface area (Å²) in [5.74, 6) is 0. The Morgan fingerprint density at radius 1 is 1.25 bits per heavy atom. The molecular formula is C13H19N3. The minimum atomic E-state index is 0.652. The van der Waals surface area contributed by atoms with Crippen LogP contribution >= 0.6 is 0 Å². The topological polar surface area (TPSA) is 53.0 Å². The molecular weight excluding hydrogens is 198 g/mol. The number of unbranched alkanes of at least 4 members (excludes halogenated alkanes) is 2. The Morgan fingerprint density at radius 3 is 2.50 bits per heavy atom. The minimum absolute atomic E-state index is 0.652. The van der Waals surface area contributed by atoms with Gasteiger partial charge in [-0.2, -0.15) is 5.26 Å². The van der Waals surface area contributed by atoms with E-state index in [0.717, 1.165) is 31.6 Å². The number of nitrogens with zero attached hydrogens (tertiary/aromatic N) is 2. The van der Waals surface area contributed by atoms with Gasteiger partial charge in [-0.15, -0.1) is 0 Å². The largest absolute Gasteiger partial charge is 0.399 e. The zero-order valence-corrected chi connectivity index (χ0v) is 9.82. The Hall–Kier alpha value is -1.69. The van der Waals surface area contributed by atoms with E-state index in [4.69, 9.17) is 11.0 Å². The SMILES string of the molecule is CCN(CCCCC#N)c1ccc(N)cc1. The third-order valence-corrected chi connectivity index (χ3v) is 2.61. The number of anilines is 2. The number of nitriles is 1. The molecule has 1 aromatic rings. The van der Waals surface area contributed by atoms with Gasteiger partial charge in [0.15, 0.2) is 0 Å². The van der Waals surface area contributed by atoms with Crippen LogP contribution in [-0.2, 0) is 0 Å². The van der Waals surface area contributed by atoms with Gasteiger partial charge < -0.3 is 10.6 Å². The summed E-state index contributed by atoms with van der Waals surface area (Å²) in [6.07, 6.45) is 2.69. The lowest BCUT2D eigenvalue weighted by Gasteiger charge is -2.23. The van der Waals surface area contributed by atoms with Gasteiger partial charge in [0.25, 0.3) is 0 Å². The molecule has 0 atom stereocenters. The second-order valence-corrected chi connectivity index (χ2v) is 3.79. The Labute approximate surface area is 97.5 Å². The van der Waals surface area contributed by atoms with Crippen LogP contribution in [-0.4, -0.2) is 13.1 Å². The molecule has 0 aliphatic carbocycles. The molecule has 16 heavy (non-hydrogen) atoms. The second-order valence-electron chi connectivity index (χ2n) is 3.79.